The second-order valence-corrected chi connectivity index (χ2v) is 6.17. The molecule has 0 radical (unpaired) electrons. The van der Waals surface area contributed by atoms with Gasteiger partial charge in [-0.3, -0.25) is 10.3 Å². The molecule has 1 aromatic rings. The van der Waals surface area contributed by atoms with Crippen molar-refractivity contribution in [1.82, 2.24) is 15.2 Å². The third-order valence-electron chi connectivity index (χ3n) is 2.11. The van der Waals surface area contributed by atoms with Gasteiger partial charge in [-0.2, -0.15) is 5.10 Å². The van der Waals surface area contributed by atoms with Crippen LogP contribution in [0.2, 0.25) is 0 Å². The molecule has 1 atom stereocenters. The largest absolute Gasteiger partial charge is 0.299 e. The predicted octanol–water partition coefficient (Wildman–Crippen LogP) is 1.97. The van der Waals surface area contributed by atoms with Gasteiger partial charge in [-0.15, -0.1) is 10.2 Å². The van der Waals surface area contributed by atoms with E-state index in [4.69, 9.17) is 0 Å². The van der Waals surface area contributed by atoms with Crippen LogP contribution in [0.4, 0.5) is 5.13 Å². The fourth-order valence-corrected chi connectivity index (χ4v) is 2.89. The van der Waals surface area contributed by atoms with E-state index >= 15 is 0 Å². The molecule has 1 aliphatic heterocycles. The van der Waals surface area contributed by atoms with Crippen LogP contribution in [0.25, 0.3) is 0 Å². The van der Waals surface area contributed by atoms with E-state index in [0.717, 1.165) is 15.2 Å². The van der Waals surface area contributed by atoms with Crippen LogP contribution in [-0.4, -0.2) is 38.6 Å². The summed E-state index contributed by atoms with van der Waals surface area (Å²) >= 11 is 3.21. The highest BCUT2D eigenvalue weighted by molar-refractivity contribution is 8.14. The highest BCUT2D eigenvalue weighted by Gasteiger charge is 2.25. The molecule has 0 spiro atoms. The minimum absolute atomic E-state index is 0.246. The Labute approximate surface area is 108 Å². The molecule has 0 fully saturated rings. The van der Waals surface area contributed by atoms with Crippen LogP contribution < -0.4 is 5.32 Å². The summed E-state index contributed by atoms with van der Waals surface area (Å²) in [7, 11) is 1.73. The van der Waals surface area contributed by atoms with Gasteiger partial charge in [0.25, 0.3) is 0 Å². The topological polar surface area (TPSA) is 65.8 Å². The van der Waals surface area contributed by atoms with Gasteiger partial charge in [-0.1, -0.05) is 23.1 Å². The Hall–Kier alpha value is -1.15. The Morgan fingerprint density at radius 1 is 1.41 bits per heavy atom. The zero-order valence-electron chi connectivity index (χ0n) is 10.1. The van der Waals surface area contributed by atoms with E-state index in [1.165, 1.54) is 11.3 Å². The minimum Gasteiger partial charge on any atom is -0.299 e. The Kier molecular flexibility index (Phi) is 3.63. The molecule has 0 aliphatic carbocycles. The molecule has 2 heterocycles. The number of aliphatic imine (C=N–C) groups is 1. The highest BCUT2D eigenvalue weighted by Crippen LogP contribution is 2.26. The van der Waals surface area contributed by atoms with Crippen LogP contribution in [0.15, 0.2) is 10.1 Å². The third-order valence-corrected chi connectivity index (χ3v) is 3.83. The van der Waals surface area contributed by atoms with Crippen molar-refractivity contribution in [3.05, 3.63) is 5.01 Å². The second kappa shape index (κ2) is 5.01. The first-order valence-corrected chi connectivity index (χ1v) is 6.85. The van der Waals surface area contributed by atoms with E-state index in [9.17, 15) is 0 Å². The Morgan fingerprint density at radius 3 is 2.65 bits per heavy atom. The van der Waals surface area contributed by atoms with E-state index in [-0.39, 0.29) is 5.37 Å². The van der Waals surface area contributed by atoms with Crippen LogP contribution in [0, 0.1) is 6.92 Å². The molecule has 0 saturated carbocycles. The SMILES string of the molecule is CN=C(Nc1nnc(C)s1)N1N=C(C)SC1C. The van der Waals surface area contributed by atoms with Gasteiger partial charge in [0.05, 0.1) is 5.04 Å². The van der Waals surface area contributed by atoms with Crippen molar-refractivity contribution in [2.75, 3.05) is 12.4 Å². The van der Waals surface area contributed by atoms with Crippen LogP contribution in [-0.2, 0) is 0 Å². The van der Waals surface area contributed by atoms with E-state index in [2.05, 4.69) is 32.5 Å². The molecule has 6 nitrogen and oxygen atoms in total. The number of hydrogen-bond donors (Lipinski definition) is 1. The van der Waals surface area contributed by atoms with Gasteiger partial charge in [0.2, 0.25) is 11.1 Å². The molecule has 8 heteroatoms. The number of nitrogens with zero attached hydrogens (tertiary/aromatic N) is 5. The number of rotatable bonds is 1. The molecule has 2 rings (SSSR count). The second-order valence-electron chi connectivity index (χ2n) is 3.48. The van der Waals surface area contributed by atoms with Gasteiger partial charge in [-0.05, 0) is 20.8 Å². The summed E-state index contributed by atoms with van der Waals surface area (Å²) in [6.45, 7) is 5.99. The maximum atomic E-state index is 4.42. The quantitative estimate of drug-likeness (QED) is 0.624. The third kappa shape index (κ3) is 2.75. The van der Waals surface area contributed by atoms with Gasteiger partial charge in [0.15, 0.2) is 0 Å². The predicted molar refractivity (Wildman–Crippen MR) is 73.6 cm³/mol. The lowest BCUT2D eigenvalue weighted by atomic mass is 10.6. The van der Waals surface area contributed by atoms with E-state index < -0.39 is 0 Å². The Bertz CT molecular complexity index is 466. The zero-order chi connectivity index (χ0) is 12.4. The summed E-state index contributed by atoms with van der Waals surface area (Å²) in [5.74, 6) is 0.693. The number of thioether (sulfide) groups is 1. The molecule has 1 unspecified atom stereocenters. The molecule has 0 aromatic carbocycles. The number of nitrogens with one attached hydrogen (secondary N) is 1. The van der Waals surface area contributed by atoms with E-state index in [1.54, 1.807) is 18.8 Å². The van der Waals surface area contributed by atoms with Crippen molar-refractivity contribution >= 4 is 39.2 Å². The van der Waals surface area contributed by atoms with Crippen molar-refractivity contribution in [3.63, 3.8) is 0 Å². The van der Waals surface area contributed by atoms with Crippen LogP contribution in [0.1, 0.15) is 18.9 Å². The summed E-state index contributed by atoms with van der Waals surface area (Å²) in [6, 6.07) is 0. The van der Waals surface area contributed by atoms with Gasteiger partial charge in [0.1, 0.15) is 10.4 Å². The maximum absolute atomic E-state index is 4.42. The Morgan fingerprint density at radius 2 is 2.18 bits per heavy atom. The molecule has 92 valence electrons. The van der Waals surface area contributed by atoms with Crippen molar-refractivity contribution in [3.8, 4) is 0 Å². The van der Waals surface area contributed by atoms with Crippen molar-refractivity contribution in [1.29, 1.82) is 0 Å². The number of aryl methyl sites for hydroxylation is 1. The smallest absolute Gasteiger partial charge is 0.222 e. The fourth-order valence-electron chi connectivity index (χ4n) is 1.43. The average Bonchev–Trinajstić information content (AvgIpc) is 2.82. The van der Waals surface area contributed by atoms with Crippen molar-refractivity contribution in [2.45, 2.75) is 26.1 Å². The van der Waals surface area contributed by atoms with Gasteiger partial charge in [0, 0.05) is 7.05 Å². The molecular formula is C9H14N6S2. The average molecular weight is 270 g/mol. The van der Waals surface area contributed by atoms with E-state index in [1.807, 2.05) is 18.9 Å². The molecular weight excluding hydrogens is 256 g/mol. The molecule has 1 aliphatic rings. The fraction of sp³-hybridized carbons (Fsp3) is 0.556. The van der Waals surface area contributed by atoms with Crippen LogP contribution in [0.3, 0.4) is 0 Å². The molecule has 1 aromatic heterocycles. The molecule has 0 bridgehead atoms. The number of guanidine groups is 1. The van der Waals surface area contributed by atoms with Gasteiger partial charge < -0.3 is 0 Å². The summed E-state index contributed by atoms with van der Waals surface area (Å²) in [6.07, 6.45) is 0. The van der Waals surface area contributed by atoms with Crippen LogP contribution in [0.5, 0.6) is 0 Å². The monoisotopic (exact) mass is 270 g/mol. The highest BCUT2D eigenvalue weighted by atomic mass is 32.2. The van der Waals surface area contributed by atoms with E-state index in [0.29, 0.717) is 5.96 Å². The summed E-state index contributed by atoms with van der Waals surface area (Å²) in [5.41, 5.74) is 0. The number of hydrogen-bond acceptors (Lipinski definition) is 6. The number of hydrazone groups is 1. The van der Waals surface area contributed by atoms with Gasteiger partial charge >= 0.3 is 0 Å². The number of aromatic nitrogens is 2. The number of anilines is 1. The molecule has 0 amide bonds. The van der Waals surface area contributed by atoms with Gasteiger partial charge in [-0.25, -0.2) is 5.01 Å². The maximum Gasteiger partial charge on any atom is 0.222 e. The lowest BCUT2D eigenvalue weighted by Gasteiger charge is -2.20. The normalized spacial score (nSPS) is 20.7. The van der Waals surface area contributed by atoms with Crippen molar-refractivity contribution in [2.24, 2.45) is 10.1 Å². The van der Waals surface area contributed by atoms with Crippen molar-refractivity contribution < 1.29 is 0 Å². The lowest BCUT2D eigenvalue weighted by molar-refractivity contribution is 0.448. The first-order valence-electron chi connectivity index (χ1n) is 5.15. The van der Waals surface area contributed by atoms with Crippen LogP contribution >= 0.6 is 23.1 Å². The standard InChI is InChI=1S/C9H14N6S2/c1-5-12-13-9(17-5)11-8(10-4)15-7(3)16-6(2)14-15/h7H,1-4H3,(H,10,11,13). The Balaban J connectivity index is 2.13. The zero-order valence-corrected chi connectivity index (χ0v) is 11.8. The summed E-state index contributed by atoms with van der Waals surface area (Å²) in [5, 5.41) is 20.3. The first kappa shape index (κ1) is 12.3. The summed E-state index contributed by atoms with van der Waals surface area (Å²) < 4.78 is 0. The lowest BCUT2D eigenvalue weighted by Crippen LogP contribution is -2.34. The molecule has 1 N–H and O–H groups in total. The molecule has 0 saturated heterocycles. The first-order chi connectivity index (χ1) is 8.10. The molecule has 17 heavy (non-hydrogen) atoms. The minimum atomic E-state index is 0.246. The summed E-state index contributed by atoms with van der Waals surface area (Å²) in [4.78, 5) is 4.21.